The highest BCUT2D eigenvalue weighted by Gasteiger charge is 2.35. The molecule has 1 aliphatic heterocycles. The fourth-order valence-corrected chi connectivity index (χ4v) is 3.91. The summed E-state index contributed by atoms with van der Waals surface area (Å²) in [5.74, 6) is -4.15. The van der Waals surface area contributed by atoms with Gasteiger partial charge in [0.1, 0.15) is 23.5 Å². The number of hydrogen-bond donors (Lipinski definition) is 0. The normalized spacial score (nSPS) is 16.1. The van der Waals surface area contributed by atoms with Crippen LogP contribution >= 0.6 is 11.6 Å². The number of halogens is 5. The zero-order valence-electron chi connectivity index (χ0n) is 15.6. The largest absolute Gasteiger partial charge is 0.281 e. The number of benzene rings is 2. The van der Waals surface area contributed by atoms with E-state index in [1.165, 1.54) is 18.2 Å². The molecule has 0 fully saturated rings. The molecular formula is C20H15ClF4N4. The Balaban J connectivity index is 2.16. The first kappa shape index (κ1) is 19.6. The fraction of sp³-hybridized carbons (Fsp3) is 0.250. The molecule has 0 N–H and O–H groups in total. The molecule has 4 rings (SSSR count). The van der Waals surface area contributed by atoms with Crippen LogP contribution in [0.3, 0.4) is 0 Å². The molecule has 1 aromatic heterocycles. The molecule has 9 heteroatoms. The van der Waals surface area contributed by atoms with Gasteiger partial charge in [-0.1, -0.05) is 17.7 Å². The van der Waals surface area contributed by atoms with E-state index in [1.807, 2.05) is 0 Å². The summed E-state index contributed by atoms with van der Waals surface area (Å²) >= 11 is 6.41. The van der Waals surface area contributed by atoms with Gasteiger partial charge >= 0.3 is 0 Å². The van der Waals surface area contributed by atoms with Gasteiger partial charge in [0.05, 0.1) is 22.0 Å². The monoisotopic (exact) mass is 422 g/mol. The summed E-state index contributed by atoms with van der Waals surface area (Å²) in [5, 5.41) is 7.80. The van der Waals surface area contributed by atoms with Crippen LogP contribution in [0.4, 0.5) is 17.6 Å². The number of nitrogens with zero attached hydrogens (tertiary/aromatic N) is 4. The molecule has 0 saturated heterocycles. The average molecular weight is 423 g/mol. The van der Waals surface area contributed by atoms with Gasteiger partial charge in [-0.05, 0) is 38.1 Å². The van der Waals surface area contributed by atoms with Crippen molar-refractivity contribution in [3.63, 3.8) is 0 Å². The molecule has 2 aromatic carbocycles. The maximum Gasteiger partial charge on any atom is 0.271 e. The Morgan fingerprint density at radius 3 is 2.31 bits per heavy atom. The Kier molecular flexibility index (Phi) is 4.49. The lowest BCUT2D eigenvalue weighted by Gasteiger charge is -2.20. The van der Waals surface area contributed by atoms with Crippen LogP contribution in [0.25, 0.3) is 5.69 Å². The SMILES string of the molecule is Cc1nnc2n1-c1ccc(C(C)(F)F)c(Cl)c1C(c1c(F)cccc1F)=N[C@H]2C. The molecule has 2 heterocycles. The van der Waals surface area contributed by atoms with E-state index in [9.17, 15) is 17.6 Å². The van der Waals surface area contributed by atoms with Gasteiger partial charge in [0, 0.05) is 18.1 Å². The second-order valence-electron chi connectivity index (χ2n) is 6.90. The van der Waals surface area contributed by atoms with Gasteiger partial charge in [0.25, 0.3) is 5.92 Å². The maximum atomic E-state index is 14.6. The molecule has 0 amide bonds. The number of hydrogen-bond acceptors (Lipinski definition) is 3. The van der Waals surface area contributed by atoms with Gasteiger partial charge in [0.2, 0.25) is 0 Å². The van der Waals surface area contributed by atoms with Crippen LogP contribution in [0.5, 0.6) is 0 Å². The number of aliphatic imine (C=N–C) groups is 1. The van der Waals surface area contributed by atoms with Crippen LogP contribution in [0.15, 0.2) is 35.3 Å². The van der Waals surface area contributed by atoms with Crippen molar-refractivity contribution >= 4 is 17.3 Å². The van der Waals surface area contributed by atoms with E-state index in [0.717, 1.165) is 12.1 Å². The molecule has 150 valence electrons. The summed E-state index contributed by atoms with van der Waals surface area (Å²) in [6, 6.07) is 5.32. The second-order valence-corrected chi connectivity index (χ2v) is 7.28. The van der Waals surface area contributed by atoms with Crippen LogP contribution in [-0.4, -0.2) is 20.5 Å². The van der Waals surface area contributed by atoms with E-state index < -0.39 is 34.7 Å². The van der Waals surface area contributed by atoms with Gasteiger partial charge in [-0.2, -0.15) is 0 Å². The molecule has 0 bridgehead atoms. The minimum atomic E-state index is -3.27. The fourth-order valence-electron chi connectivity index (χ4n) is 3.49. The first-order valence-corrected chi connectivity index (χ1v) is 9.14. The lowest BCUT2D eigenvalue weighted by atomic mass is 9.95. The third kappa shape index (κ3) is 3.02. The van der Waals surface area contributed by atoms with Crippen molar-refractivity contribution in [3.8, 4) is 5.69 Å². The van der Waals surface area contributed by atoms with Crippen LogP contribution in [-0.2, 0) is 5.92 Å². The van der Waals surface area contributed by atoms with Crippen molar-refractivity contribution in [2.75, 3.05) is 0 Å². The highest BCUT2D eigenvalue weighted by molar-refractivity contribution is 6.37. The molecular weight excluding hydrogens is 408 g/mol. The molecule has 1 atom stereocenters. The summed E-state index contributed by atoms with van der Waals surface area (Å²) < 4.78 is 59.2. The van der Waals surface area contributed by atoms with Crippen molar-refractivity contribution in [1.82, 2.24) is 14.8 Å². The molecule has 0 radical (unpaired) electrons. The van der Waals surface area contributed by atoms with Crippen LogP contribution < -0.4 is 0 Å². The van der Waals surface area contributed by atoms with Crippen LogP contribution in [0.1, 0.15) is 48.2 Å². The van der Waals surface area contributed by atoms with Crippen molar-refractivity contribution in [2.24, 2.45) is 4.99 Å². The van der Waals surface area contributed by atoms with E-state index in [1.54, 1.807) is 18.4 Å². The van der Waals surface area contributed by atoms with Crippen molar-refractivity contribution in [1.29, 1.82) is 0 Å². The van der Waals surface area contributed by atoms with E-state index >= 15 is 0 Å². The molecule has 4 nitrogen and oxygen atoms in total. The predicted molar refractivity (Wildman–Crippen MR) is 101 cm³/mol. The average Bonchev–Trinajstić information content (AvgIpc) is 2.95. The van der Waals surface area contributed by atoms with E-state index in [0.29, 0.717) is 24.3 Å². The topological polar surface area (TPSA) is 43.1 Å². The third-order valence-corrected chi connectivity index (χ3v) is 5.21. The number of alkyl halides is 2. The van der Waals surface area contributed by atoms with Gasteiger partial charge in [0.15, 0.2) is 5.82 Å². The number of fused-ring (bicyclic) bond motifs is 3. The molecule has 0 spiro atoms. The van der Waals surface area contributed by atoms with E-state index in [4.69, 9.17) is 11.6 Å². The number of rotatable bonds is 2. The first-order chi connectivity index (χ1) is 13.6. The summed E-state index contributed by atoms with van der Waals surface area (Å²) in [4.78, 5) is 4.43. The van der Waals surface area contributed by atoms with Crippen LogP contribution in [0, 0.1) is 18.6 Å². The lowest BCUT2D eigenvalue weighted by Crippen LogP contribution is -2.16. The smallest absolute Gasteiger partial charge is 0.271 e. The zero-order valence-corrected chi connectivity index (χ0v) is 16.4. The first-order valence-electron chi connectivity index (χ1n) is 8.77. The predicted octanol–water partition coefficient (Wildman–Crippen LogP) is 5.53. The Labute approximate surface area is 168 Å². The zero-order chi connectivity index (χ0) is 21.1. The Morgan fingerprint density at radius 1 is 1.03 bits per heavy atom. The molecule has 1 aliphatic rings. The second kappa shape index (κ2) is 6.66. The summed E-state index contributed by atoms with van der Waals surface area (Å²) in [7, 11) is 0. The van der Waals surface area contributed by atoms with E-state index in [-0.39, 0.29) is 16.3 Å². The molecule has 3 aromatic rings. The van der Waals surface area contributed by atoms with Gasteiger partial charge in [-0.3, -0.25) is 9.56 Å². The molecule has 29 heavy (non-hydrogen) atoms. The third-order valence-electron chi connectivity index (χ3n) is 4.82. The van der Waals surface area contributed by atoms with Crippen LogP contribution in [0.2, 0.25) is 5.02 Å². The van der Waals surface area contributed by atoms with Gasteiger partial charge < -0.3 is 0 Å². The summed E-state index contributed by atoms with van der Waals surface area (Å²) in [5.41, 5.74) is -0.724. The maximum absolute atomic E-state index is 14.6. The van der Waals surface area contributed by atoms with Gasteiger partial charge in [-0.15, -0.1) is 10.2 Å². The molecule has 0 saturated carbocycles. The van der Waals surface area contributed by atoms with E-state index in [2.05, 4.69) is 15.2 Å². The Morgan fingerprint density at radius 2 is 1.69 bits per heavy atom. The Bertz CT molecular complexity index is 1140. The highest BCUT2D eigenvalue weighted by Crippen LogP contribution is 2.41. The quantitative estimate of drug-likeness (QED) is 0.509. The highest BCUT2D eigenvalue weighted by atomic mass is 35.5. The number of aromatic nitrogens is 3. The lowest BCUT2D eigenvalue weighted by molar-refractivity contribution is 0.0176. The Hall–Kier alpha value is -2.74. The standard InChI is InChI=1S/C20H15ClF4N4/c1-9-19-28-27-10(2)29(19)14-8-7-11(20(3,24)25)17(21)16(14)18(26-9)15-12(22)5-4-6-13(15)23/h4-9H,1-3H3/t9-/m0/s1. The summed E-state index contributed by atoms with van der Waals surface area (Å²) in [6.45, 7) is 4.06. The molecule has 0 unspecified atom stereocenters. The van der Waals surface area contributed by atoms with Crippen molar-refractivity contribution in [2.45, 2.75) is 32.7 Å². The minimum Gasteiger partial charge on any atom is -0.281 e. The molecule has 0 aliphatic carbocycles. The summed E-state index contributed by atoms with van der Waals surface area (Å²) in [6.07, 6.45) is 0. The van der Waals surface area contributed by atoms with Crippen molar-refractivity contribution < 1.29 is 17.6 Å². The van der Waals surface area contributed by atoms with Crippen molar-refractivity contribution in [3.05, 3.63) is 75.3 Å². The number of aryl methyl sites for hydroxylation is 1. The minimum absolute atomic E-state index is 0.00296. The van der Waals surface area contributed by atoms with Gasteiger partial charge in [-0.25, -0.2) is 17.6 Å².